The fourth-order valence-corrected chi connectivity index (χ4v) is 2.69. The van der Waals surface area contributed by atoms with Gasteiger partial charge in [0, 0.05) is 29.2 Å². The molecule has 0 bridgehead atoms. The standard InChI is InChI=1S/C14H20ClFN2/c1-14(2)10-18(8-4-7-17-14)9-11-12(15)5-3-6-13(11)16/h3,5-6,17H,4,7-10H2,1-2H3. The number of benzene rings is 1. The van der Waals surface area contributed by atoms with E-state index in [-0.39, 0.29) is 11.4 Å². The molecule has 4 heteroatoms. The van der Waals surface area contributed by atoms with Crippen molar-refractivity contribution in [1.82, 2.24) is 10.2 Å². The van der Waals surface area contributed by atoms with Gasteiger partial charge in [-0.25, -0.2) is 4.39 Å². The highest BCUT2D eigenvalue weighted by atomic mass is 35.5. The second-order valence-electron chi connectivity index (χ2n) is 5.58. The fraction of sp³-hybridized carbons (Fsp3) is 0.571. The van der Waals surface area contributed by atoms with Crippen molar-refractivity contribution in [3.8, 4) is 0 Å². The molecule has 18 heavy (non-hydrogen) atoms. The summed E-state index contributed by atoms with van der Waals surface area (Å²) in [7, 11) is 0. The van der Waals surface area contributed by atoms with Crippen molar-refractivity contribution in [3.63, 3.8) is 0 Å². The number of halogens is 2. The lowest BCUT2D eigenvalue weighted by atomic mass is 10.1. The molecular weight excluding hydrogens is 251 g/mol. The maximum Gasteiger partial charge on any atom is 0.129 e. The van der Waals surface area contributed by atoms with Gasteiger partial charge < -0.3 is 5.32 Å². The Labute approximate surface area is 113 Å². The van der Waals surface area contributed by atoms with Crippen LogP contribution in [0.25, 0.3) is 0 Å². The maximum absolute atomic E-state index is 13.8. The first-order valence-corrected chi connectivity index (χ1v) is 6.76. The van der Waals surface area contributed by atoms with Gasteiger partial charge in [0.15, 0.2) is 0 Å². The molecule has 0 saturated carbocycles. The Kier molecular flexibility index (Phi) is 4.25. The van der Waals surface area contributed by atoms with Crippen LogP contribution in [0.1, 0.15) is 25.8 Å². The Morgan fingerprint density at radius 2 is 2.22 bits per heavy atom. The van der Waals surface area contributed by atoms with Crippen LogP contribution in [0, 0.1) is 5.82 Å². The van der Waals surface area contributed by atoms with Crippen molar-refractivity contribution in [1.29, 1.82) is 0 Å². The molecule has 1 aromatic carbocycles. The Balaban J connectivity index is 2.13. The smallest absolute Gasteiger partial charge is 0.129 e. The maximum atomic E-state index is 13.8. The van der Waals surface area contributed by atoms with E-state index < -0.39 is 0 Å². The summed E-state index contributed by atoms with van der Waals surface area (Å²) in [6, 6.07) is 4.87. The van der Waals surface area contributed by atoms with E-state index in [1.165, 1.54) is 6.07 Å². The van der Waals surface area contributed by atoms with Crippen molar-refractivity contribution < 1.29 is 4.39 Å². The van der Waals surface area contributed by atoms with E-state index in [0.717, 1.165) is 26.1 Å². The van der Waals surface area contributed by atoms with Crippen LogP contribution in [0.2, 0.25) is 5.02 Å². The lowest BCUT2D eigenvalue weighted by Gasteiger charge is -2.30. The third-order valence-electron chi connectivity index (χ3n) is 3.32. The van der Waals surface area contributed by atoms with Crippen LogP contribution in [-0.2, 0) is 6.54 Å². The molecule has 1 N–H and O–H groups in total. The van der Waals surface area contributed by atoms with E-state index in [9.17, 15) is 4.39 Å². The number of nitrogens with one attached hydrogen (secondary N) is 1. The Morgan fingerprint density at radius 3 is 2.94 bits per heavy atom. The summed E-state index contributed by atoms with van der Waals surface area (Å²) in [6.45, 7) is 7.81. The van der Waals surface area contributed by atoms with Crippen LogP contribution >= 0.6 is 11.6 Å². The van der Waals surface area contributed by atoms with Crippen molar-refractivity contribution in [3.05, 3.63) is 34.6 Å². The molecule has 1 fully saturated rings. The molecule has 0 aromatic heterocycles. The van der Waals surface area contributed by atoms with Crippen molar-refractivity contribution in [2.45, 2.75) is 32.4 Å². The minimum atomic E-state index is -0.211. The fourth-order valence-electron chi connectivity index (χ4n) is 2.47. The molecule has 1 aromatic rings. The lowest BCUT2D eigenvalue weighted by molar-refractivity contribution is 0.221. The summed E-state index contributed by atoms with van der Waals surface area (Å²) in [5, 5.41) is 4.02. The molecule has 0 amide bonds. The summed E-state index contributed by atoms with van der Waals surface area (Å²) >= 11 is 6.08. The van der Waals surface area contributed by atoms with E-state index >= 15 is 0 Å². The lowest BCUT2D eigenvalue weighted by Crippen LogP contribution is -2.46. The summed E-state index contributed by atoms with van der Waals surface area (Å²) in [6.07, 6.45) is 1.08. The molecule has 1 aliphatic heterocycles. The average Bonchev–Trinajstić information content (AvgIpc) is 2.45. The zero-order valence-corrected chi connectivity index (χ0v) is 11.7. The quantitative estimate of drug-likeness (QED) is 0.889. The zero-order valence-electron chi connectivity index (χ0n) is 11.0. The van der Waals surface area contributed by atoms with E-state index in [2.05, 4.69) is 24.1 Å². The molecule has 0 aliphatic carbocycles. The SMILES string of the molecule is CC1(C)CN(Cc2c(F)cccc2Cl)CCCN1. The van der Waals surface area contributed by atoms with Crippen molar-refractivity contribution in [2.75, 3.05) is 19.6 Å². The summed E-state index contributed by atoms with van der Waals surface area (Å²) in [5.74, 6) is -0.211. The second-order valence-corrected chi connectivity index (χ2v) is 5.98. The molecule has 2 rings (SSSR count). The molecule has 0 atom stereocenters. The molecular formula is C14H20ClFN2. The minimum absolute atomic E-state index is 0.0637. The third kappa shape index (κ3) is 3.44. The topological polar surface area (TPSA) is 15.3 Å². The van der Waals surface area contributed by atoms with Gasteiger partial charge in [0.2, 0.25) is 0 Å². The van der Waals surface area contributed by atoms with Gasteiger partial charge in [-0.1, -0.05) is 17.7 Å². The van der Waals surface area contributed by atoms with Gasteiger partial charge in [-0.15, -0.1) is 0 Å². The highest BCUT2D eigenvalue weighted by Gasteiger charge is 2.24. The molecule has 1 heterocycles. The summed E-state index contributed by atoms with van der Waals surface area (Å²) < 4.78 is 13.8. The Bertz CT molecular complexity index is 400. The van der Waals surface area contributed by atoms with E-state index in [1.54, 1.807) is 12.1 Å². The largest absolute Gasteiger partial charge is 0.310 e. The van der Waals surface area contributed by atoms with Gasteiger partial charge in [-0.05, 0) is 45.5 Å². The van der Waals surface area contributed by atoms with Gasteiger partial charge in [-0.2, -0.15) is 0 Å². The molecule has 0 radical (unpaired) electrons. The van der Waals surface area contributed by atoms with Gasteiger partial charge in [0.1, 0.15) is 5.82 Å². The summed E-state index contributed by atoms with van der Waals surface area (Å²) in [4.78, 5) is 2.27. The first-order chi connectivity index (χ1) is 8.48. The zero-order chi connectivity index (χ0) is 13.2. The number of hydrogen-bond donors (Lipinski definition) is 1. The number of hydrogen-bond acceptors (Lipinski definition) is 2. The molecule has 0 unspecified atom stereocenters. The van der Waals surface area contributed by atoms with Crippen LogP contribution in [0.4, 0.5) is 4.39 Å². The van der Waals surface area contributed by atoms with Gasteiger partial charge in [0.25, 0.3) is 0 Å². The second kappa shape index (κ2) is 5.55. The highest BCUT2D eigenvalue weighted by molar-refractivity contribution is 6.31. The predicted octanol–water partition coefficient (Wildman–Crippen LogP) is 3.05. The van der Waals surface area contributed by atoms with Crippen LogP contribution in [0.5, 0.6) is 0 Å². The molecule has 100 valence electrons. The number of rotatable bonds is 2. The van der Waals surface area contributed by atoms with Crippen LogP contribution in [-0.4, -0.2) is 30.1 Å². The first kappa shape index (κ1) is 13.8. The monoisotopic (exact) mass is 270 g/mol. The highest BCUT2D eigenvalue weighted by Crippen LogP contribution is 2.22. The summed E-state index contributed by atoms with van der Waals surface area (Å²) in [5.41, 5.74) is 0.672. The van der Waals surface area contributed by atoms with Crippen molar-refractivity contribution >= 4 is 11.6 Å². The average molecular weight is 271 g/mol. The van der Waals surface area contributed by atoms with Crippen LogP contribution in [0.15, 0.2) is 18.2 Å². The Morgan fingerprint density at radius 1 is 1.44 bits per heavy atom. The molecule has 1 aliphatic rings. The minimum Gasteiger partial charge on any atom is -0.310 e. The normalized spacial score (nSPS) is 20.7. The van der Waals surface area contributed by atoms with Gasteiger partial charge in [0.05, 0.1) is 0 Å². The van der Waals surface area contributed by atoms with Gasteiger partial charge >= 0.3 is 0 Å². The van der Waals surface area contributed by atoms with Crippen molar-refractivity contribution in [2.24, 2.45) is 0 Å². The number of nitrogens with zero attached hydrogens (tertiary/aromatic N) is 1. The predicted molar refractivity (Wildman–Crippen MR) is 73.4 cm³/mol. The van der Waals surface area contributed by atoms with Gasteiger partial charge in [-0.3, -0.25) is 4.90 Å². The third-order valence-corrected chi connectivity index (χ3v) is 3.67. The first-order valence-electron chi connectivity index (χ1n) is 6.38. The Hall–Kier alpha value is -0.640. The molecule has 2 nitrogen and oxygen atoms in total. The molecule has 0 spiro atoms. The van der Waals surface area contributed by atoms with E-state index in [1.807, 2.05) is 0 Å². The van der Waals surface area contributed by atoms with E-state index in [0.29, 0.717) is 17.1 Å². The van der Waals surface area contributed by atoms with Crippen LogP contribution < -0.4 is 5.32 Å². The van der Waals surface area contributed by atoms with Crippen LogP contribution in [0.3, 0.4) is 0 Å². The van der Waals surface area contributed by atoms with E-state index in [4.69, 9.17) is 11.6 Å². The molecule has 1 saturated heterocycles.